The minimum atomic E-state index is -0.468. The van der Waals surface area contributed by atoms with Gasteiger partial charge in [-0.3, -0.25) is 4.40 Å². The van der Waals surface area contributed by atoms with Crippen LogP contribution in [0.2, 0.25) is 0 Å². The molecule has 7 heteroatoms. The molecular weight excluding hydrogens is 494 g/mol. The molecule has 1 fully saturated rings. The average molecular weight is 520 g/mol. The maximum absolute atomic E-state index is 12.6. The fraction of sp³-hybridized carbons (Fsp3) is 0.259. The molecular formula is C27H26BrN3O3. The van der Waals surface area contributed by atoms with Crippen molar-refractivity contribution in [3.8, 4) is 22.8 Å². The van der Waals surface area contributed by atoms with E-state index in [0.29, 0.717) is 17.5 Å². The molecule has 0 saturated heterocycles. The number of nitrogens with zero attached hydrogens (tertiary/aromatic N) is 2. The third-order valence-electron chi connectivity index (χ3n) is 5.99. The molecule has 0 aliphatic heterocycles. The monoisotopic (exact) mass is 519 g/mol. The summed E-state index contributed by atoms with van der Waals surface area (Å²) in [6.45, 7) is -0.177. The van der Waals surface area contributed by atoms with Crippen LogP contribution in [0.5, 0.6) is 11.5 Å². The molecule has 0 unspecified atom stereocenters. The van der Waals surface area contributed by atoms with Gasteiger partial charge in [-0.15, -0.1) is 0 Å². The van der Waals surface area contributed by atoms with Crippen molar-refractivity contribution in [1.29, 1.82) is 0 Å². The first-order valence-electron chi connectivity index (χ1n) is 11.6. The van der Waals surface area contributed by atoms with Crippen molar-refractivity contribution < 1.29 is 14.3 Å². The SMILES string of the molecule is O=C(COc1ccccc1)Oc1ccccc1-c1nc2ccc(Br)cn2c1NC1CCCCC1. The van der Waals surface area contributed by atoms with Gasteiger partial charge in [-0.25, -0.2) is 9.78 Å². The van der Waals surface area contributed by atoms with Gasteiger partial charge in [-0.1, -0.05) is 49.6 Å². The van der Waals surface area contributed by atoms with Crippen molar-refractivity contribution in [3.05, 3.63) is 77.4 Å². The number of imidazole rings is 1. The molecule has 0 bridgehead atoms. The van der Waals surface area contributed by atoms with Gasteiger partial charge in [0.25, 0.3) is 0 Å². The lowest BCUT2D eigenvalue weighted by molar-refractivity contribution is -0.136. The van der Waals surface area contributed by atoms with Gasteiger partial charge in [0, 0.05) is 22.3 Å². The lowest BCUT2D eigenvalue weighted by atomic mass is 9.95. The van der Waals surface area contributed by atoms with Crippen LogP contribution < -0.4 is 14.8 Å². The molecule has 0 amide bonds. The number of hydrogen-bond donors (Lipinski definition) is 1. The number of fused-ring (bicyclic) bond motifs is 1. The highest BCUT2D eigenvalue weighted by molar-refractivity contribution is 9.10. The van der Waals surface area contributed by atoms with Crippen LogP contribution in [-0.4, -0.2) is 28.0 Å². The van der Waals surface area contributed by atoms with Crippen LogP contribution in [0.3, 0.4) is 0 Å². The number of halogens is 1. The summed E-state index contributed by atoms with van der Waals surface area (Å²) in [6.07, 6.45) is 8.02. The molecule has 0 radical (unpaired) electrons. The molecule has 5 rings (SSSR count). The Bertz CT molecular complexity index is 1280. The van der Waals surface area contributed by atoms with Crippen LogP contribution in [0.4, 0.5) is 5.82 Å². The Balaban J connectivity index is 1.45. The third kappa shape index (κ3) is 5.09. The zero-order chi connectivity index (χ0) is 23.3. The second-order valence-electron chi connectivity index (χ2n) is 8.44. The molecule has 2 heterocycles. The van der Waals surface area contributed by atoms with E-state index in [2.05, 4.69) is 25.6 Å². The number of pyridine rings is 1. The highest BCUT2D eigenvalue weighted by Gasteiger charge is 2.22. The van der Waals surface area contributed by atoms with Crippen LogP contribution in [0, 0.1) is 0 Å². The molecule has 2 aromatic heterocycles. The van der Waals surface area contributed by atoms with E-state index in [1.165, 1.54) is 19.3 Å². The molecule has 34 heavy (non-hydrogen) atoms. The second kappa shape index (κ2) is 10.3. The van der Waals surface area contributed by atoms with Crippen molar-refractivity contribution in [1.82, 2.24) is 9.38 Å². The number of carbonyl (C=O) groups excluding carboxylic acids is 1. The first-order valence-corrected chi connectivity index (χ1v) is 12.4. The fourth-order valence-electron chi connectivity index (χ4n) is 4.35. The van der Waals surface area contributed by atoms with Gasteiger partial charge in [-0.05, 0) is 65.2 Å². The smallest absolute Gasteiger partial charge is 0.349 e. The summed E-state index contributed by atoms with van der Waals surface area (Å²) in [5.41, 5.74) is 2.34. The van der Waals surface area contributed by atoms with Gasteiger partial charge in [0.15, 0.2) is 6.61 Å². The number of nitrogens with one attached hydrogen (secondary N) is 1. The number of para-hydroxylation sites is 2. The Morgan fingerprint density at radius 3 is 2.59 bits per heavy atom. The Morgan fingerprint density at radius 1 is 1.00 bits per heavy atom. The van der Waals surface area contributed by atoms with Crippen LogP contribution >= 0.6 is 15.9 Å². The number of ether oxygens (including phenoxy) is 2. The van der Waals surface area contributed by atoms with Gasteiger partial charge in [0.05, 0.1) is 0 Å². The van der Waals surface area contributed by atoms with E-state index in [1.54, 1.807) is 18.2 Å². The van der Waals surface area contributed by atoms with E-state index in [1.807, 2.05) is 54.7 Å². The average Bonchev–Trinajstić information content (AvgIpc) is 3.21. The number of benzene rings is 2. The number of hydrogen-bond acceptors (Lipinski definition) is 5. The number of carbonyl (C=O) groups is 1. The van der Waals surface area contributed by atoms with Gasteiger partial charge in [0.1, 0.15) is 28.7 Å². The molecule has 4 aromatic rings. The summed E-state index contributed by atoms with van der Waals surface area (Å²) in [4.78, 5) is 17.5. The van der Waals surface area contributed by atoms with E-state index in [0.717, 1.165) is 40.0 Å². The highest BCUT2D eigenvalue weighted by Crippen LogP contribution is 2.37. The van der Waals surface area contributed by atoms with Gasteiger partial charge < -0.3 is 14.8 Å². The quantitative estimate of drug-likeness (QED) is 0.223. The zero-order valence-corrected chi connectivity index (χ0v) is 20.3. The van der Waals surface area contributed by atoms with Crippen LogP contribution in [0.1, 0.15) is 32.1 Å². The molecule has 0 spiro atoms. The van der Waals surface area contributed by atoms with E-state index in [9.17, 15) is 4.79 Å². The molecule has 2 aromatic carbocycles. The van der Waals surface area contributed by atoms with E-state index >= 15 is 0 Å². The van der Waals surface area contributed by atoms with E-state index < -0.39 is 5.97 Å². The lowest BCUT2D eigenvalue weighted by Crippen LogP contribution is -2.23. The molecule has 1 saturated carbocycles. The molecule has 174 valence electrons. The van der Waals surface area contributed by atoms with Crippen molar-refractivity contribution in [2.75, 3.05) is 11.9 Å². The minimum Gasteiger partial charge on any atom is -0.482 e. The Morgan fingerprint density at radius 2 is 1.76 bits per heavy atom. The first-order chi connectivity index (χ1) is 16.7. The van der Waals surface area contributed by atoms with Gasteiger partial charge in [-0.2, -0.15) is 0 Å². The predicted octanol–water partition coefficient (Wildman–Crippen LogP) is 6.49. The van der Waals surface area contributed by atoms with Crippen molar-refractivity contribution >= 4 is 33.4 Å². The zero-order valence-electron chi connectivity index (χ0n) is 18.7. The maximum atomic E-state index is 12.6. The lowest BCUT2D eigenvalue weighted by Gasteiger charge is -2.24. The van der Waals surface area contributed by atoms with Crippen LogP contribution in [0.25, 0.3) is 16.9 Å². The molecule has 1 aliphatic carbocycles. The minimum absolute atomic E-state index is 0.177. The number of aromatic nitrogens is 2. The van der Waals surface area contributed by atoms with Gasteiger partial charge >= 0.3 is 5.97 Å². The standard InChI is InChI=1S/C27H26BrN3O3/c28-19-15-16-24-30-26(27(31(24)17-19)29-20-9-3-1-4-10-20)22-13-7-8-14-23(22)34-25(32)18-33-21-11-5-2-6-12-21/h2,5-8,11-17,20,29H,1,3-4,9-10,18H2. The predicted molar refractivity (Wildman–Crippen MR) is 136 cm³/mol. The summed E-state index contributed by atoms with van der Waals surface area (Å²) in [6, 6.07) is 21.1. The summed E-state index contributed by atoms with van der Waals surface area (Å²) in [7, 11) is 0. The van der Waals surface area contributed by atoms with Crippen LogP contribution in [-0.2, 0) is 4.79 Å². The number of esters is 1. The third-order valence-corrected chi connectivity index (χ3v) is 6.46. The van der Waals surface area contributed by atoms with Crippen LogP contribution in [0.15, 0.2) is 77.4 Å². The maximum Gasteiger partial charge on any atom is 0.349 e. The largest absolute Gasteiger partial charge is 0.482 e. The Kier molecular flexibility index (Phi) is 6.81. The summed E-state index contributed by atoms with van der Waals surface area (Å²) < 4.78 is 14.3. The van der Waals surface area contributed by atoms with Gasteiger partial charge in [0.2, 0.25) is 0 Å². The summed E-state index contributed by atoms with van der Waals surface area (Å²) in [5, 5.41) is 3.74. The molecule has 6 nitrogen and oxygen atoms in total. The van der Waals surface area contributed by atoms with Crippen molar-refractivity contribution in [2.24, 2.45) is 0 Å². The number of anilines is 1. The normalized spacial score (nSPS) is 14.1. The van der Waals surface area contributed by atoms with Crippen molar-refractivity contribution in [3.63, 3.8) is 0 Å². The molecule has 0 atom stereocenters. The number of rotatable bonds is 7. The fourth-order valence-corrected chi connectivity index (χ4v) is 4.68. The van der Waals surface area contributed by atoms with E-state index in [4.69, 9.17) is 14.5 Å². The van der Waals surface area contributed by atoms with E-state index in [-0.39, 0.29) is 6.61 Å². The molecule has 1 aliphatic rings. The van der Waals surface area contributed by atoms with Crippen molar-refractivity contribution in [2.45, 2.75) is 38.1 Å². The summed E-state index contributed by atoms with van der Waals surface area (Å²) in [5.74, 6) is 1.52. The second-order valence-corrected chi connectivity index (χ2v) is 9.35. The summed E-state index contributed by atoms with van der Waals surface area (Å²) >= 11 is 3.58. The Labute approximate surface area is 207 Å². The highest BCUT2D eigenvalue weighted by atomic mass is 79.9. The topological polar surface area (TPSA) is 64.9 Å². The Hall–Kier alpha value is -3.32. The first kappa shape index (κ1) is 22.5. The molecule has 1 N–H and O–H groups in total.